The fourth-order valence-corrected chi connectivity index (χ4v) is 3.04. The van der Waals surface area contributed by atoms with E-state index < -0.39 is 0 Å². The van der Waals surface area contributed by atoms with Crippen LogP contribution in [0.3, 0.4) is 0 Å². The molecule has 140 valence electrons. The Morgan fingerprint density at radius 3 is 2.48 bits per heavy atom. The number of hydrogen-bond donors (Lipinski definition) is 1. The first-order valence-electron chi connectivity index (χ1n) is 9.23. The smallest absolute Gasteiger partial charge is 0.138 e. The number of aryl methyl sites for hydroxylation is 2. The van der Waals surface area contributed by atoms with E-state index in [1.807, 2.05) is 25.1 Å². The van der Waals surface area contributed by atoms with E-state index >= 15 is 0 Å². The average molecular weight is 364 g/mol. The highest BCUT2D eigenvalue weighted by molar-refractivity contribution is 5.63. The van der Waals surface area contributed by atoms with E-state index in [1.165, 1.54) is 17.7 Å². The summed E-state index contributed by atoms with van der Waals surface area (Å²) in [6, 6.07) is 17.0. The quantitative estimate of drug-likeness (QED) is 0.637. The maximum atomic E-state index is 13.0. The van der Waals surface area contributed by atoms with Crippen molar-refractivity contribution in [3.8, 4) is 0 Å². The van der Waals surface area contributed by atoms with Gasteiger partial charge in [-0.25, -0.2) is 14.4 Å². The molecule has 0 bridgehead atoms. The van der Waals surface area contributed by atoms with Crippen LogP contribution in [-0.2, 0) is 6.42 Å². The van der Waals surface area contributed by atoms with Crippen LogP contribution in [0, 0.1) is 19.7 Å². The van der Waals surface area contributed by atoms with Gasteiger partial charge in [-0.2, -0.15) is 0 Å². The molecule has 1 N–H and O–H groups in total. The van der Waals surface area contributed by atoms with E-state index in [4.69, 9.17) is 0 Å². The molecule has 0 aliphatic carbocycles. The maximum Gasteiger partial charge on any atom is 0.138 e. The largest absolute Gasteiger partial charge is 0.370 e. The van der Waals surface area contributed by atoms with Crippen molar-refractivity contribution >= 4 is 17.3 Å². The fraction of sp³-hybridized carbons (Fsp3) is 0.273. The molecule has 0 saturated carbocycles. The highest BCUT2D eigenvalue weighted by Gasteiger charge is 2.11. The molecule has 0 radical (unpaired) electrons. The van der Waals surface area contributed by atoms with E-state index in [0.29, 0.717) is 0 Å². The number of halogens is 1. The van der Waals surface area contributed by atoms with Gasteiger partial charge in [-0.1, -0.05) is 24.3 Å². The van der Waals surface area contributed by atoms with Crippen LogP contribution < -0.4 is 10.2 Å². The molecule has 1 aromatic heterocycles. The van der Waals surface area contributed by atoms with Gasteiger partial charge in [0.25, 0.3) is 0 Å². The molecule has 5 heteroatoms. The van der Waals surface area contributed by atoms with Gasteiger partial charge in [0, 0.05) is 24.8 Å². The van der Waals surface area contributed by atoms with Crippen molar-refractivity contribution < 1.29 is 4.39 Å². The molecule has 0 aliphatic heterocycles. The van der Waals surface area contributed by atoms with Crippen molar-refractivity contribution in [2.24, 2.45) is 0 Å². The first-order chi connectivity index (χ1) is 13.0. The molecule has 3 rings (SSSR count). The molecule has 0 fully saturated rings. The molecule has 4 nitrogen and oxygen atoms in total. The predicted molar refractivity (Wildman–Crippen MR) is 109 cm³/mol. The SMILES string of the molecule is CCN(c1cccc(C)c1)c1cc(NCCc2ccc(F)cc2)nc(C)n1. The lowest BCUT2D eigenvalue weighted by atomic mass is 10.1. The van der Waals surface area contributed by atoms with Crippen LogP contribution in [0.5, 0.6) is 0 Å². The van der Waals surface area contributed by atoms with Gasteiger partial charge in [0.1, 0.15) is 23.3 Å². The van der Waals surface area contributed by atoms with Gasteiger partial charge in [-0.05, 0) is 62.6 Å². The van der Waals surface area contributed by atoms with Crippen molar-refractivity contribution in [3.05, 3.63) is 77.4 Å². The van der Waals surface area contributed by atoms with Crippen molar-refractivity contribution in [1.82, 2.24) is 9.97 Å². The third-order valence-corrected chi connectivity index (χ3v) is 4.36. The van der Waals surface area contributed by atoms with Crippen LogP contribution in [0.15, 0.2) is 54.6 Å². The second kappa shape index (κ2) is 8.62. The first kappa shape index (κ1) is 18.8. The second-order valence-corrected chi connectivity index (χ2v) is 6.55. The number of benzene rings is 2. The summed E-state index contributed by atoms with van der Waals surface area (Å²) < 4.78 is 13.0. The zero-order chi connectivity index (χ0) is 19.2. The Kier molecular flexibility index (Phi) is 6.01. The van der Waals surface area contributed by atoms with E-state index in [0.717, 1.165) is 48.2 Å². The molecule has 0 aliphatic rings. The monoisotopic (exact) mass is 364 g/mol. The summed E-state index contributed by atoms with van der Waals surface area (Å²) in [6.07, 6.45) is 0.800. The summed E-state index contributed by atoms with van der Waals surface area (Å²) in [5, 5.41) is 3.36. The van der Waals surface area contributed by atoms with Crippen molar-refractivity contribution in [3.63, 3.8) is 0 Å². The third kappa shape index (κ3) is 5.03. The van der Waals surface area contributed by atoms with Gasteiger partial charge in [-0.3, -0.25) is 0 Å². The minimum absolute atomic E-state index is 0.210. The standard InChI is InChI=1S/C22H25FN4/c1-4-27(20-7-5-6-16(2)14-20)22-15-21(25-17(3)26-22)24-13-12-18-8-10-19(23)11-9-18/h5-11,14-15H,4,12-13H2,1-3H3,(H,24,25,26). The summed E-state index contributed by atoms with van der Waals surface area (Å²) in [7, 11) is 0. The zero-order valence-corrected chi connectivity index (χ0v) is 16.0. The van der Waals surface area contributed by atoms with Crippen molar-refractivity contribution in [2.75, 3.05) is 23.3 Å². The first-order valence-corrected chi connectivity index (χ1v) is 9.23. The molecule has 1 heterocycles. The molecule has 3 aromatic rings. The van der Waals surface area contributed by atoms with Crippen LogP contribution >= 0.6 is 0 Å². The highest BCUT2D eigenvalue weighted by Crippen LogP contribution is 2.25. The Balaban J connectivity index is 1.74. The minimum atomic E-state index is -0.210. The highest BCUT2D eigenvalue weighted by atomic mass is 19.1. The number of hydrogen-bond acceptors (Lipinski definition) is 4. The molecular weight excluding hydrogens is 339 g/mol. The zero-order valence-electron chi connectivity index (χ0n) is 16.0. The van der Waals surface area contributed by atoms with E-state index in [-0.39, 0.29) is 5.82 Å². The summed E-state index contributed by atoms with van der Waals surface area (Å²) in [6.45, 7) is 7.64. The molecule has 0 spiro atoms. The lowest BCUT2D eigenvalue weighted by Crippen LogP contribution is -2.19. The molecule has 0 atom stereocenters. The molecule has 2 aromatic carbocycles. The van der Waals surface area contributed by atoms with E-state index in [9.17, 15) is 4.39 Å². The summed E-state index contributed by atoms with van der Waals surface area (Å²) in [5.41, 5.74) is 3.42. The lowest BCUT2D eigenvalue weighted by molar-refractivity contribution is 0.627. The van der Waals surface area contributed by atoms with Crippen molar-refractivity contribution in [1.29, 1.82) is 0 Å². The Hall–Kier alpha value is -2.95. The molecule has 0 amide bonds. The lowest BCUT2D eigenvalue weighted by Gasteiger charge is -2.23. The summed E-state index contributed by atoms with van der Waals surface area (Å²) in [4.78, 5) is 11.3. The van der Waals surface area contributed by atoms with Gasteiger partial charge in [0.05, 0.1) is 0 Å². The molecule has 0 unspecified atom stereocenters. The average Bonchev–Trinajstić information content (AvgIpc) is 2.64. The van der Waals surface area contributed by atoms with Crippen molar-refractivity contribution in [2.45, 2.75) is 27.2 Å². The predicted octanol–water partition coefficient (Wildman–Crippen LogP) is 5.05. The van der Waals surface area contributed by atoms with Crippen LogP contribution in [0.2, 0.25) is 0 Å². The summed E-state index contributed by atoms with van der Waals surface area (Å²) in [5.74, 6) is 2.19. The van der Waals surface area contributed by atoms with Gasteiger partial charge in [0.2, 0.25) is 0 Å². The van der Waals surface area contributed by atoms with E-state index in [2.05, 4.69) is 58.3 Å². The molecule has 27 heavy (non-hydrogen) atoms. The van der Waals surface area contributed by atoms with Gasteiger partial charge in [-0.15, -0.1) is 0 Å². The Labute approximate surface area is 160 Å². The minimum Gasteiger partial charge on any atom is -0.370 e. The van der Waals surface area contributed by atoms with Crippen LogP contribution in [0.4, 0.5) is 21.7 Å². The second-order valence-electron chi connectivity index (χ2n) is 6.55. The Morgan fingerprint density at radius 2 is 1.78 bits per heavy atom. The number of aromatic nitrogens is 2. The fourth-order valence-electron chi connectivity index (χ4n) is 3.04. The number of nitrogens with one attached hydrogen (secondary N) is 1. The number of rotatable bonds is 7. The van der Waals surface area contributed by atoms with Gasteiger partial charge in [0.15, 0.2) is 0 Å². The van der Waals surface area contributed by atoms with Gasteiger partial charge < -0.3 is 10.2 Å². The number of nitrogens with zero attached hydrogens (tertiary/aromatic N) is 3. The van der Waals surface area contributed by atoms with E-state index in [1.54, 1.807) is 0 Å². The van der Waals surface area contributed by atoms with Gasteiger partial charge >= 0.3 is 0 Å². The van der Waals surface area contributed by atoms with Crippen LogP contribution in [-0.4, -0.2) is 23.1 Å². The Morgan fingerprint density at radius 1 is 1.00 bits per heavy atom. The topological polar surface area (TPSA) is 41.0 Å². The maximum absolute atomic E-state index is 13.0. The van der Waals surface area contributed by atoms with Crippen LogP contribution in [0.25, 0.3) is 0 Å². The molecule has 0 saturated heterocycles. The summed E-state index contributed by atoms with van der Waals surface area (Å²) >= 11 is 0. The third-order valence-electron chi connectivity index (χ3n) is 4.36. The molecular formula is C22H25FN4. The number of anilines is 3. The normalized spacial score (nSPS) is 10.7. The Bertz CT molecular complexity index is 893. The van der Waals surface area contributed by atoms with Crippen LogP contribution in [0.1, 0.15) is 23.9 Å².